The largest absolute Gasteiger partial charge is 0.378 e. The van der Waals surface area contributed by atoms with Gasteiger partial charge in [0.05, 0.1) is 11.0 Å². The molecule has 1 saturated heterocycles. The van der Waals surface area contributed by atoms with Crippen molar-refractivity contribution in [2.24, 2.45) is 0 Å². The van der Waals surface area contributed by atoms with Crippen LogP contribution in [0.1, 0.15) is 0 Å². The molecule has 0 spiro atoms. The van der Waals surface area contributed by atoms with Crippen molar-refractivity contribution in [3.63, 3.8) is 0 Å². The van der Waals surface area contributed by atoms with E-state index in [9.17, 15) is 0 Å². The van der Waals surface area contributed by atoms with Crippen LogP contribution < -0.4 is 9.80 Å². The van der Waals surface area contributed by atoms with Crippen molar-refractivity contribution in [1.82, 2.24) is 14.9 Å². The smallest absolute Gasteiger partial charge is 0.138 e. The van der Waals surface area contributed by atoms with Crippen molar-refractivity contribution < 1.29 is 0 Å². The molecule has 2 heterocycles. The molecule has 0 unspecified atom stereocenters. The molecule has 1 N–H and O–H groups in total. The number of rotatable bonds is 3. The van der Waals surface area contributed by atoms with Gasteiger partial charge in [-0.3, -0.25) is 0 Å². The zero-order valence-electron chi connectivity index (χ0n) is 15.2. The molecule has 1 aromatic heterocycles. The molecule has 0 radical (unpaired) electrons. The number of piperazine rings is 1. The molecule has 0 amide bonds. The first kappa shape index (κ1) is 16.0. The van der Waals surface area contributed by atoms with Gasteiger partial charge in [-0.25, -0.2) is 4.98 Å². The number of H-pyrrole nitrogens is 1. The highest BCUT2D eigenvalue weighted by Gasteiger charge is 2.15. The van der Waals surface area contributed by atoms with E-state index in [1.807, 2.05) is 0 Å². The minimum atomic E-state index is 0.927. The predicted molar refractivity (Wildman–Crippen MR) is 106 cm³/mol. The third-order valence-corrected chi connectivity index (χ3v) is 4.99. The summed E-state index contributed by atoms with van der Waals surface area (Å²) in [6.07, 6.45) is 0. The van der Waals surface area contributed by atoms with Gasteiger partial charge in [0.1, 0.15) is 5.82 Å². The second kappa shape index (κ2) is 6.41. The molecule has 0 atom stereocenters. The third kappa shape index (κ3) is 3.20. The molecule has 5 heteroatoms. The average molecular weight is 335 g/mol. The first-order chi connectivity index (χ1) is 12.1. The molecule has 5 nitrogen and oxygen atoms in total. The van der Waals surface area contributed by atoms with Gasteiger partial charge in [0.2, 0.25) is 0 Å². The Labute approximate surface area is 148 Å². The fourth-order valence-electron chi connectivity index (χ4n) is 3.31. The van der Waals surface area contributed by atoms with Gasteiger partial charge in [0, 0.05) is 57.2 Å². The molecule has 1 aliphatic rings. The van der Waals surface area contributed by atoms with Crippen LogP contribution in [0.2, 0.25) is 0 Å². The maximum Gasteiger partial charge on any atom is 0.138 e. The van der Waals surface area contributed by atoms with Crippen LogP contribution in [0, 0.1) is 0 Å². The van der Waals surface area contributed by atoms with Gasteiger partial charge in [0.15, 0.2) is 0 Å². The zero-order valence-corrected chi connectivity index (χ0v) is 15.2. The second-order valence-corrected chi connectivity index (χ2v) is 7.02. The SMILES string of the molecule is CN1CCN(c2ccc3nc(-c4ccc(N(C)C)cc4)[nH]c3c2)CC1. The number of benzene rings is 2. The van der Waals surface area contributed by atoms with Gasteiger partial charge in [-0.2, -0.15) is 0 Å². The Morgan fingerprint density at radius 2 is 1.68 bits per heavy atom. The lowest BCUT2D eigenvalue weighted by molar-refractivity contribution is 0.313. The van der Waals surface area contributed by atoms with Crippen LogP contribution in [0.3, 0.4) is 0 Å². The first-order valence-corrected chi connectivity index (χ1v) is 8.81. The summed E-state index contributed by atoms with van der Waals surface area (Å²) in [6, 6.07) is 15.0. The standard InChI is InChI=1S/C20H25N5/c1-23(2)16-6-4-15(5-7-16)20-21-18-9-8-17(14-19(18)22-20)25-12-10-24(3)11-13-25/h4-9,14H,10-13H2,1-3H3,(H,21,22). The summed E-state index contributed by atoms with van der Waals surface area (Å²) in [5.74, 6) is 0.927. The van der Waals surface area contributed by atoms with E-state index in [0.717, 1.165) is 48.6 Å². The lowest BCUT2D eigenvalue weighted by Gasteiger charge is -2.34. The van der Waals surface area contributed by atoms with Gasteiger partial charge >= 0.3 is 0 Å². The summed E-state index contributed by atoms with van der Waals surface area (Å²) in [5.41, 5.74) is 5.70. The van der Waals surface area contributed by atoms with E-state index < -0.39 is 0 Å². The molecule has 25 heavy (non-hydrogen) atoms. The Morgan fingerprint density at radius 1 is 0.960 bits per heavy atom. The molecular weight excluding hydrogens is 310 g/mol. The van der Waals surface area contributed by atoms with Crippen LogP contribution in [0.25, 0.3) is 22.4 Å². The number of anilines is 2. The maximum absolute atomic E-state index is 4.76. The van der Waals surface area contributed by atoms with Gasteiger partial charge in [-0.15, -0.1) is 0 Å². The highest BCUT2D eigenvalue weighted by Crippen LogP contribution is 2.26. The van der Waals surface area contributed by atoms with E-state index in [1.165, 1.54) is 11.4 Å². The minimum Gasteiger partial charge on any atom is -0.378 e. The van der Waals surface area contributed by atoms with Crippen LogP contribution in [0.4, 0.5) is 11.4 Å². The summed E-state index contributed by atoms with van der Waals surface area (Å²) < 4.78 is 0. The quantitative estimate of drug-likeness (QED) is 0.798. The zero-order chi connectivity index (χ0) is 17.4. The molecular formula is C20H25N5. The Bertz CT molecular complexity index is 857. The van der Waals surface area contributed by atoms with Crippen LogP contribution in [-0.4, -0.2) is 62.2 Å². The number of hydrogen-bond donors (Lipinski definition) is 1. The molecule has 2 aromatic carbocycles. The first-order valence-electron chi connectivity index (χ1n) is 8.81. The highest BCUT2D eigenvalue weighted by molar-refractivity contribution is 5.83. The highest BCUT2D eigenvalue weighted by atomic mass is 15.2. The van der Waals surface area contributed by atoms with Gasteiger partial charge in [-0.1, -0.05) is 0 Å². The average Bonchev–Trinajstić information content (AvgIpc) is 3.05. The van der Waals surface area contributed by atoms with E-state index in [1.54, 1.807) is 0 Å². The van der Waals surface area contributed by atoms with Crippen molar-refractivity contribution in [2.45, 2.75) is 0 Å². The third-order valence-electron chi connectivity index (χ3n) is 4.99. The molecule has 3 aromatic rings. The summed E-state index contributed by atoms with van der Waals surface area (Å²) in [4.78, 5) is 15.2. The van der Waals surface area contributed by atoms with Crippen LogP contribution in [-0.2, 0) is 0 Å². The molecule has 1 fully saturated rings. The van der Waals surface area contributed by atoms with Crippen molar-refractivity contribution in [3.05, 3.63) is 42.5 Å². The fraction of sp³-hybridized carbons (Fsp3) is 0.350. The summed E-state index contributed by atoms with van der Waals surface area (Å²) in [7, 11) is 6.29. The van der Waals surface area contributed by atoms with Crippen molar-refractivity contribution in [2.75, 3.05) is 57.1 Å². The number of nitrogens with zero attached hydrogens (tertiary/aromatic N) is 4. The molecule has 1 aliphatic heterocycles. The Balaban J connectivity index is 1.61. The lowest BCUT2D eigenvalue weighted by Crippen LogP contribution is -2.44. The van der Waals surface area contributed by atoms with Crippen molar-refractivity contribution >= 4 is 22.4 Å². The lowest BCUT2D eigenvalue weighted by atomic mass is 10.2. The van der Waals surface area contributed by atoms with Gasteiger partial charge in [0.25, 0.3) is 0 Å². The topological polar surface area (TPSA) is 38.4 Å². The summed E-state index contributed by atoms with van der Waals surface area (Å²) >= 11 is 0. The van der Waals surface area contributed by atoms with Gasteiger partial charge in [-0.05, 0) is 49.5 Å². The number of nitrogens with one attached hydrogen (secondary N) is 1. The monoisotopic (exact) mass is 335 g/mol. The molecule has 0 bridgehead atoms. The number of likely N-dealkylation sites (N-methyl/N-ethyl adjacent to an activating group) is 1. The number of aromatic amines is 1. The van der Waals surface area contributed by atoms with Crippen LogP contribution in [0.5, 0.6) is 0 Å². The normalized spacial score (nSPS) is 15.7. The number of hydrogen-bond acceptors (Lipinski definition) is 4. The summed E-state index contributed by atoms with van der Waals surface area (Å²) in [6.45, 7) is 4.39. The van der Waals surface area contributed by atoms with Gasteiger partial charge < -0.3 is 19.7 Å². The molecule has 0 aliphatic carbocycles. The summed E-state index contributed by atoms with van der Waals surface area (Å²) in [5, 5.41) is 0. The van der Waals surface area contributed by atoms with E-state index in [2.05, 4.69) is 83.3 Å². The fourth-order valence-corrected chi connectivity index (χ4v) is 3.31. The Hall–Kier alpha value is -2.53. The Kier molecular flexibility index (Phi) is 4.09. The maximum atomic E-state index is 4.76. The number of aromatic nitrogens is 2. The molecule has 130 valence electrons. The van der Waals surface area contributed by atoms with Crippen LogP contribution >= 0.6 is 0 Å². The van der Waals surface area contributed by atoms with Crippen LogP contribution in [0.15, 0.2) is 42.5 Å². The second-order valence-electron chi connectivity index (χ2n) is 7.02. The Morgan fingerprint density at radius 3 is 2.36 bits per heavy atom. The van der Waals surface area contributed by atoms with E-state index in [-0.39, 0.29) is 0 Å². The van der Waals surface area contributed by atoms with E-state index in [0.29, 0.717) is 0 Å². The van der Waals surface area contributed by atoms with E-state index >= 15 is 0 Å². The minimum absolute atomic E-state index is 0.927. The molecule has 0 saturated carbocycles. The molecule has 4 rings (SSSR count). The van der Waals surface area contributed by atoms with E-state index in [4.69, 9.17) is 4.98 Å². The number of imidazole rings is 1. The van der Waals surface area contributed by atoms with Crippen molar-refractivity contribution in [3.8, 4) is 11.4 Å². The number of fused-ring (bicyclic) bond motifs is 1. The van der Waals surface area contributed by atoms with Crippen molar-refractivity contribution in [1.29, 1.82) is 0 Å². The predicted octanol–water partition coefficient (Wildman–Crippen LogP) is 3.05.